The van der Waals surface area contributed by atoms with E-state index in [1.807, 2.05) is 12.1 Å². The zero-order valence-corrected chi connectivity index (χ0v) is 13.1. The Labute approximate surface area is 129 Å². The second-order valence-corrected chi connectivity index (χ2v) is 5.28. The summed E-state index contributed by atoms with van der Waals surface area (Å²) in [5, 5.41) is 0. The van der Waals surface area contributed by atoms with Crippen LogP contribution in [0, 0.1) is 27.7 Å². The highest BCUT2D eigenvalue weighted by atomic mass is 17.2. The van der Waals surface area contributed by atoms with Crippen molar-refractivity contribution in [3.63, 3.8) is 0 Å². The predicted molar refractivity (Wildman–Crippen MR) is 82.7 cm³/mol. The van der Waals surface area contributed by atoms with E-state index in [1.54, 1.807) is 52.0 Å². The van der Waals surface area contributed by atoms with Crippen LogP contribution >= 0.6 is 0 Å². The van der Waals surface area contributed by atoms with Gasteiger partial charge in [0.2, 0.25) is 0 Å². The first-order valence-electron chi connectivity index (χ1n) is 6.97. The van der Waals surface area contributed by atoms with Gasteiger partial charge in [-0.25, -0.2) is 19.4 Å². The molecule has 0 heterocycles. The molecule has 0 aliphatic rings. The number of hydrogen-bond donors (Lipinski definition) is 0. The molecule has 22 heavy (non-hydrogen) atoms. The van der Waals surface area contributed by atoms with Gasteiger partial charge in [0.1, 0.15) is 0 Å². The van der Waals surface area contributed by atoms with E-state index in [9.17, 15) is 9.59 Å². The van der Waals surface area contributed by atoms with Gasteiger partial charge < -0.3 is 0 Å². The lowest BCUT2D eigenvalue weighted by Crippen LogP contribution is -2.15. The third-order valence-electron chi connectivity index (χ3n) is 3.56. The van der Waals surface area contributed by atoms with Crippen molar-refractivity contribution in [2.45, 2.75) is 27.7 Å². The molecule has 0 saturated heterocycles. The summed E-state index contributed by atoms with van der Waals surface area (Å²) in [6.45, 7) is 7.21. The van der Waals surface area contributed by atoms with E-state index >= 15 is 0 Å². The van der Waals surface area contributed by atoms with Crippen LogP contribution in [0.5, 0.6) is 0 Å². The molecule has 0 aliphatic heterocycles. The largest absolute Gasteiger partial charge is 0.386 e. The molecule has 4 heteroatoms. The molecular formula is C18H18O4. The minimum absolute atomic E-state index is 0.414. The molecule has 0 aliphatic carbocycles. The van der Waals surface area contributed by atoms with Gasteiger partial charge in [0.15, 0.2) is 0 Å². The molecular weight excluding hydrogens is 280 g/mol. The molecule has 0 aromatic heterocycles. The summed E-state index contributed by atoms with van der Waals surface area (Å²) >= 11 is 0. The lowest BCUT2D eigenvalue weighted by atomic mass is 10.0. The Hall–Kier alpha value is -2.62. The van der Waals surface area contributed by atoms with E-state index in [0.29, 0.717) is 11.1 Å². The number of hydrogen-bond acceptors (Lipinski definition) is 4. The van der Waals surface area contributed by atoms with Crippen molar-refractivity contribution in [1.29, 1.82) is 0 Å². The number of rotatable bonds is 2. The molecule has 2 aromatic carbocycles. The smallest absolute Gasteiger partial charge is 0.241 e. The normalized spacial score (nSPS) is 10.2. The second-order valence-electron chi connectivity index (χ2n) is 5.28. The molecule has 4 nitrogen and oxygen atoms in total. The Morgan fingerprint density at radius 3 is 1.18 bits per heavy atom. The molecule has 0 amide bonds. The lowest BCUT2D eigenvalue weighted by molar-refractivity contribution is -0.187. The monoisotopic (exact) mass is 298 g/mol. The van der Waals surface area contributed by atoms with E-state index < -0.39 is 11.9 Å². The van der Waals surface area contributed by atoms with Crippen LogP contribution < -0.4 is 0 Å². The van der Waals surface area contributed by atoms with Crippen LogP contribution in [0.3, 0.4) is 0 Å². The van der Waals surface area contributed by atoms with Gasteiger partial charge in [-0.3, -0.25) is 0 Å². The average molecular weight is 298 g/mol. The van der Waals surface area contributed by atoms with Gasteiger partial charge in [-0.2, -0.15) is 0 Å². The number of benzene rings is 2. The second kappa shape index (κ2) is 6.43. The molecule has 0 saturated carbocycles. The molecule has 0 bridgehead atoms. The molecule has 0 spiro atoms. The van der Waals surface area contributed by atoms with E-state index in [2.05, 4.69) is 0 Å². The molecule has 0 unspecified atom stereocenters. The van der Waals surface area contributed by atoms with E-state index in [-0.39, 0.29) is 0 Å². The highest BCUT2D eigenvalue weighted by Gasteiger charge is 2.19. The molecule has 2 rings (SSSR count). The van der Waals surface area contributed by atoms with E-state index in [0.717, 1.165) is 22.3 Å². The minimum atomic E-state index is -0.671. The number of carbonyl (C=O) groups is 2. The van der Waals surface area contributed by atoms with Gasteiger partial charge >= 0.3 is 11.9 Å². The van der Waals surface area contributed by atoms with Crippen molar-refractivity contribution in [2.75, 3.05) is 0 Å². The molecule has 2 aromatic rings. The lowest BCUT2D eigenvalue weighted by Gasteiger charge is -2.10. The highest BCUT2D eigenvalue weighted by Crippen LogP contribution is 2.17. The van der Waals surface area contributed by atoms with E-state index in [1.165, 1.54) is 0 Å². The fraction of sp³-hybridized carbons (Fsp3) is 0.222. The summed E-state index contributed by atoms with van der Waals surface area (Å²) < 4.78 is 0. The Morgan fingerprint density at radius 1 is 0.636 bits per heavy atom. The summed E-state index contributed by atoms with van der Waals surface area (Å²) in [5.74, 6) is -1.34. The molecule has 0 fully saturated rings. The number of carbonyl (C=O) groups excluding carboxylic acids is 2. The fourth-order valence-corrected chi connectivity index (χ4v) is 2.43. The number of aryl methyl sites for hydroxylation is 4. The maximum atomic E-state index is 12.1. The first-order chi connectivity index (χ1) is 10.4. The first kappa shape index (κ1) is 15.8. The van der Waals surface area contributed by atoms with Gasteiger partial charge in [0.05, 0.1) is 11.1 Å². The van der Waals surface area contributed by atoms with Crippen LogP contribution in [-0.4, -0.2) is 11.9 Å². The van der Waals surface area contributed by atoms with Gasteiger partial charge in [-0.1, -0.05) is 36.4 Å². The SMILES string of the molecule is Cc1cccc(C)c1C(=O)OOC(=O)c1c(C)cccc1C. The molecule has 0 N–H and O–H groups in total. The molecule has 0 radical (unpaired) electrons. The summed E-state index contributed by atoms with van der Waals surface area (Å²) in [7, 11) is 0. The van der Waals surface area contributed by atoms with Crippen molar-refractivity contribution in [2.24, 2.45) is 0 Å². The Balaban J connectivity index is 2.13. The van der Waals surface area contributed by atoms with Gasteiger partial charge in [-0.15, -0.1) is 0 Å². The van der Waals surface area contributed by atoms with Crippen LogP contribution in [0.25, 0.3) is 0 Å². The van der Waals surface area contributed by atoms with Crippen molar-refractivity contribution in [3.05, 3.63) is 69.8 Å². The molecule has 0 atom stereocenters. The Bertz CT molecular complexity index is 628. The van der Waals surface area contributed by atoms with Gasteiger partial charge in [-0.05, 0) is 49.9 Å². The van der Waals surface area contributed by atoms with Gasteiger partial charge in [0.25, 0.3) is 0 Å². The highest BCUT2D eigenvalue weighted by molar-refractivity contribution is 5.95. The topological polar surface area (TPSA) is 52.6 Å². The zero-order valence-electron chi connectivity index (χ0n) is 13.1. The van der Waals surface area contributed by atoms with Crippen LogP contribution in [0.15, 0.2) is 36.4 Å². The van der Waals surface area contributed by atoms with Crippen molar-refractivity contribution in [1.82, 2.24) is 0 Å². The fourth-order valence-electron chi connectivity index (χ4n) is 2.43. The average Bonchev–Trinajstić information content (AvgIpc) is 2.44. The Kier molecular flexibility index (Phi) is 4.61. The van der Waals surface area contributed by atoms with Crippen LogP contribution in [0.4, 0.5) is 0 Å². The summed E-state index contributed by atoms with van der Waals surface area (Å²) in [6.07, 6.45) is 0. The quantitative estimate of drug-likeness (QED) is 0.624. The van der Waals surface area contributed by atoms with E-state index in [4.69, 9.17) is 9.78 Å². The molecule has 114 valence electrons. The van der Waals surface area contributed by atoms with Gasteiger partial charge in [0, 0.05) is 0 Å². The zero-order chi connectivity index (χ0) is 16.3. The van der Waals surface area contributed by atoms with Crippen LogP contribution in [0.1, 0.15) is 43.0 Å². The summed E-state index contributed by atoms with van der Waals surface area (Å²) in [6, 6.07) is 10.9. The first-order valence-corrected chi connectivity index (χ1v) is 6.97. The van der Waals surface area contributed by atoms with Crippen molar-refractivity contribution in [3.8, 4) is 0 Å². The Morgan fingerprint density at radius 2 is 0.909 bits per heavy atom. The van der Waals surface area contributed by atoms with Crippen molar-refractivity contribution < 1.29 is 19.4 Å². The standard InChI is InChI=1S/C18H18O4/c1-11-7-5-8-12(2)15(11)17(19)21-22-18(20)16-13(3)9-6-10-14(16)4/h5-10H,1-4H3. The third-order valence-corrected chi connectivity index (χ3v) is 3.56. The minimum Gasteiger partial charge on any atom is -0.241 e. The maximum absolute atomic E-state index is 12.1. The van der Waals surface area contributed by atoms with Crippen LogP contribution in [-0.2, 0) is 9.78 Å². The summed E-state index contributed by atoms with van der Waals surface area (Å²) in [4.78, 5) is 33.6. The third kappa shape index (κ3) is 3.17. The predicted octanol–water partition coefficient (Wildman–Crippen LogP) is 3.85. The maximum Gasteiger partial charge on any atom is 0.386 e. The van der Waals surface area contributed by atoms with Crippen molar-refractivity contribution >= 4 is 11.9 Å². The summed E-state index contributed by atoms with van der Waals surface area (Å²) in [5.41, 5.74) is 3.91. The van der Waals surface area contributed by atoms with Crippen LogP contribution in [0.2, 0.25) is 0 Å².